The van der Waals surface area contributed by atoms with Crippen molar-refractivity contribution in [3.8, 4) is 11.5 Å². The van der Waals surface area contributed by atoms with Gasteiger partial charge in [-0.25, -0.2) is 9.97 Å². The average Bonchev–Trinajstić information content (AvgIpc) is 2.75. The molecule has 6 heteroatoms. The van der Waals surface area contributed by atoms with E-state index in [-0.39, 0.29) is 0 Å². The maximum Gasteiger partial charge on any atom is 0.180 e. The van der Waals surface area contributed by atoms with E-state index in [4.69, 9.17) is 14.7 Å². The number of morpholine rings is 1. The van der Waals surface area contributed by atoms with Crippen LogP contribution in [0.2, 0.25) is 0 Å². The normalized spacial score (nSPS) is 21.4. The Morgan fingerprint density at radius 1 is 1.11 bits per heavy atom. The molecule has 0 N–H and O–H groups in total. The predicted molar refractivity (Wildman–Crippen MR) is 107 cm³/mol. The molecule has 1 unspecified atom stereocenters. The minimum atomic E-state index is 0.507. The van der Waals surface area contributed by atoms with Crippen LogP contribution < -0.4 is 4.90 Å². The van der Waals surface area contributed by atoms with Gasteiger partial charge in [-0.15, -0.1) is 0 Å². The minimum absolute atomic E-state index is 0.507. The zero-order valence-corrected chi connectivity index (χ0v) is 16.2. The van der Waals surface area contributed by atoms with E-state index in [1.165, 1.54) is 19.3 Å². The van der Waals surface area contributed by atoms with Gasteiger partial charge >= 0.3 is 0 Å². The Balaban J connectivity index is 1.61. The molecule has 0 radical (unpaired) electrons. The molecule has 4 rings (SSSR count). The monoisotopic (exact) mass is 367 g/mol. The Kier molecular flexibility index (Phi) is 5.94. The van der Waals surface area contributed by atoms with Gasteiger partial charge < -0.3 is 9.64 Å². The largest absolute Gasteiger partial charge is 0.379 e. The maximum atomic E-state index is 5.51. The molecule has 6 nitrogen and oxygen atoms in total. The van der Waals surface area contributed by atoms with Gasteiger partial charge in [0.05, 0.1) is 13.2 Å². The summed E-state index contributed by atoms with van der Waals surface area (Å²) in [6, 6.07) is 8.58. The molecular formula is C21H29N5O. The van der Waals surface area contributed by atoms with Crippen LogP contribution in [0.1, 0.15) is 31.9 Å². The Morgan fingerprint density at radius 2 is 2.00 bits per heavy atom. The fourth-order valence-electron chi connectivity index (χ4n) is 3.99. The van der Waals surface area contributed by atoms with E-state index < -0.39 is 0 Å². The number of pyridine rings is 1. The summed E-state index contributed by atoms with van der Waals surface area (Å²) in [5.41, 5.74) is 1.92. The topological polar surface area (TPSA) is 54.4 Å². The maximum absolute atomic E-state index is 5.51. The summed E-state index contributed by atoms with van der Waals surface area (Å²) in [5.74, 6) is 1.79. The SMILES string of the molecule is CCc1cc(N2CCCCC2CN2CCOCC2)nc(-c2ccccn2)n1. The van der Waals surface area contributed by atoms with Crippen LogP contribution in [0.15, 0.2) is 30.5 Å². The number of aromatic nitrogens is 3. The van der Waals surface area contributed by atoms with Crippen molar-refractivity contribution >= 4 is 5.82 Å². The second-order valence-corrected chi connectivity index (χ2v) is 7.37. The summed E-state index contributed by atoms with van der Waals surface area (Å²) in [7, 11) is 0. The number of hydrogen-bond acceptors (Lipinski definition) is 6. The lowest BCUT2D eigenvalue weighted by Crippen LogP contribution is -2.49. The van der Waals surface area contributed by atoms with Gasteiger partial charge in [-0.05, 0) is 37.8 Å². The molecule has 144 valence electrons. The van der Waals surface area contributed by atoms with Gasteiger partial charge in [-0.3, -0.25) is 9.88 Å². The van der Waals surface area contributed by atoms with Crippen LogP contribution in [0, 0.1) is 0 Å². The van der Waals surface area contributed by atoms with E-state index in [1.54, 1.807) is 6.20 Å². The lowest BCUT2D eigenvalue weighted by molar-refractivity contribution is 0.0338. The predicted octanol–water partition coefficient (Wildman–Crippen LogP) is 2.79. The highest BCUT2D eigenvalue weighted by Crippen LogP contribution is 2.26. The third-order valence-electron chi connectivity index (χ3n) is 5.52. The van der Waals surface area contributed by atoms with Crippen molar-refractivity contribution < 1.29 is 4.74 Å². The van der Waals surface area contributed by atoms with Crippen molar-refractivity contribution in [1.29, 1.82) is 0 Å². The minimum Gasteiger partial charge on any atom is -0.379 e. The Hall–Kier alpha value is -2.05. The van der Waals surface area contributed by atoms with E-state index in [0.29, 0.717) is 6.04 Å². The van der Waals surface area contributed by atoms with Gasteiger partial charge in [0, 0.05) is 50.2 Å². The van der Waals surface area contributed by atoms with Gasteiger partial charge in [0.2, 0.25) is 0 Å². The highest BCUT2D eigenvalue weighted by atomic mass is 16.5. The lowest BCUT2D eigenvalue weighted by atomic mass is 10.0. The van der Waals surface area contributed by atoms with Crippen molar-refractivity contribution in [2.24, 2.45) is 0 Å². The number of hydrogen-bond donors (Lipinski definition) is 0. The quantitative estimate of drug-likeness (QED) is 0.810. The summed E-state index contributed by atoms with van der Waals surface area (Å²) < 4.78 is 5.51. The molecular weight excluding hydrogens is 338 g/mol. The lowest BCUT2D eigenvalue weighted by Gasteiger charge is -2.40. The first-order valence-electron chi connectivity index (χ1n) is 10.2. The van der Waals surface area contributed by atoms with Crippen molar-refractivity contribution in [3.05, 3.63) is 36.2 Å². The first-order valence-corrected chi connectivity index (χ1v) is 10.2. The van der Waals surface area contributed by atoms with Crippen LogP contribution in [0.4, 0.5) is 5.82 Å². The number of rotatable bonds is 5. The average molecular weight is 367 g/mol. The van der Waals surface area contributed by atoms with Crippen LogP contribution in [0.5, 0.6) is 0 Å². The molecule has 1 atom stereocenters. The number of anilines is 1. The number of ether oxygens (including phenoxy) is 1. The molecule has 4 heterocycles. The molecule has 2 aliphatic rings. The molecule has 0 amide bonds. The standard InChI is InChI=1S/C21H29N5O/c1-2-17-15-20(24-21(23-17)19-8-3-5-9-22-19)26-10-6-4-7-18(26)16-25-11-13-27-14-12-25/h3,5,8-9,15,18H,2,4,6-7,10-14,16H2,1H3. The van der Waals surface area contributed by atoms with Gasteiger partial charge in [0.25, 0.3) is 0 Å². The van der Waals surface area contributed by atoms with E-state index in [1.807, 2.05) is 18.2 Å². The molecule has 2 fully saturated rings. The first kappa shape index (κ1) is 18.3. The van der Waals surface area contributed by atoms with E-state index >= 15 is 0 Å². The number of aryl methyl sites for hydroxylation is 1. The molecule has 0 bridgehead atoms. The van der Waals surface area contributed by atoms with Crippen LogP contribution in [-0.4, -0.2) is 65.3 Å². The molecule has 0 aliphatic carbocycles. The van der Waals surface area contributed by atoms with E-state index in [2.05, 4.69) is 27.8 Å². The second-order valence-electron chi connectivity index (χ2n) is 7.37. The fourth-order valence-corrected chi connectivity index (χ4v) is 3.99. The van der Waals surface area contributed by atoms with Gasteiger partial charge in [-0.2, -0.15) is 0 Å². The molecule has 0 saturated carbocycles. The highest BCUT2D eigenvalue weighted by Gasteiger charge is 2.27. The molecule has 2 aliphatic heterocycles. The van der Waals surface area contributed by atoms with Crippen LogP contribution in [-0.2, 0) is 11.2 Å². The van der Waals surface area contributed by atoms with Gasteiger partial charge in [0.1, 0.15) is 11.5 Å². The van der Waals surface area contributed by atoms with Crippen LogP contribution in [0.3, 0.4) is 0 Å². The molecule has 0 aromatic carbocycles. The van der Waals surface area contributed by atoms with Crippen molar-refractivity contribution in [3.63, 3.8) is 0 Å². The van der Waals surface area contributed by atoms with Crippen molar-refractivity contribution in [2.75, 3.05) is 44.3 Å². The van der Waals surface area contributed by atoms with Crippen molar-refractivity contribution in [1.82, 2.24) is 19.9 Å². The molecule has 27 heavy (non-hydrogen) atoms. The van der Waals surface area contributed by atoms with E-state index in [9.17, 15) is 0 Å². The summed E-state index contributed by atoms with van der Waals surface area (Å²) in [6.07, 6.45) is 6.45. The van der Waals surface area contributed by atoms with Crippen LogP contribution in [0.25, 0.3) is 11.5 Å². The first-order chi connectivity index (χ1) is 13.3. The Labute approximate surface area is 161 Å². The summed E-state index contributed by atoms with van der Waals surface area (Å²) in [5, 5.41) is 0. The van der Waals surface area contributed by atoms with E-state index in [0.717, 1.165) is 68.8 Å². The summed E-state index contributed by atoms with van der Waals surface area (Å²) in [6.45, 7) is 8.08. The van der Waals surface area contributed by atoms with Crippen LogP contribution >= 0.6 is 0 Å². The molecule has 2 aromatic heterocycles. The Bertz CT molecular complexity index is 733. The fraction of sp³-hybridized carbons (Fsp3) is 0.571. The zero-order valence-electron chi connectivity index (χ0n) is 16.2. The summed E-state index contributed by atoms with van der Waals surface area (Å²) in [4.78, 5) is 19.2. The summed E-state index contributed by atoms with van der Waals surface area (Å²) >= 11 is 0. The molecule has 2 saturated heterocycles. The van der Waals surface area contributed by atoms with Gasteiger partial charge in [0.15, 0.2) is 5.82 Å². The Morgan fingerprint density at radius 3 is 2.78 bits per heavy atom. The third-order valence-corrected chi connectivity index (χ3v) is 5.52. The van der Waals surface area contributed by atoms with Crippen molar-refractivity contribution in [2.45, 2.75) is 38.6 Å². The molecule has 2 aromatic rings. The second kappa shape index (κ2) is 8.76. The smallest absolute Gasteiger partial charge is 0.180 e. The molecule has 0 spiro atoms. The van der Waals surface area contributed by atoms with Gasteiger partial charge in [-0.1, -0.05) is 13.0 Å². The number of nitrogens with zero attached hydrogens (tertiary/aromatic N) is 5. The highest BCUT2D eigenvalue weighted by molar-refractivity contribution is 5.54. The number of piperidine rings is 1. The third kappa shape index (κ3) is 4.45. The zero-order chi connectivity index (χ0) is 18.5.